The Hall–Kier alpha value is -0.450. The number of sulfone groups is 1. The minimum Gasteiger partial charge on any atom is -0.299 e. The first-order valence-corrected chi connectivity index (χ1v) is 4.56. The van der Waals surface area contributed by atoms with Crippen LogP contribution in [0.25, 0.3) is 0 Å². The van der Waals surface area contributed by atoms with Gasteiger partial charge in [-0.3, -0.25) is 4.79 Å². The SMILES string of the molecule is CC(=O)CS(=O)(=O)CCF. The third kappa shape index (κ3) is 4.43. The Morgan fingerprint density at radius 3 is 2.30 bits per heavy atom. The summed E-state index contributed by atoms with van der Waals surface area (Å²) < 4.78 is 32.6. The maximum absolute atomic E-state index is 11.4. The first-order valence-electron chi connectivity index (χ1n) is 2.74. The highest BCUT2D eigenvalue weighted by Gasteiger charge is 2.12. The Bertz CT molecular complexity index is 207. The fourth-order valence-electron chi connectivity index (χ4n) is 0.499. The van der Waals surface area contributed by atoms with Crippen molar-refractivity contribution in [2.75, 3.05) is 18.2 Å². The van der Waals surface area contributed by atoms with Crippen molar-refractivity contribution in [2.45, 2.75) is 6.92 Å². The fourth-order valence-corrected chi connectivity index (χ4v) is 1.50. The first kappa shape index (κ1) is 9.55. The van der Waals surface area contributed by atoms with Gasteiger partial charge in [-0.15, -0.1) is 0 Å². The van der Waals surface area contributed by atoms with E-state index < -0.39 is 33.8 Å². The standard InChI is InChI=1S/C5H9FO3S/c1-5(7)4-10(8,9)3-2-6/h2-4H2,1H3. The van der Waals surface area contributed by atoms with Gasteiger partial charge in [0.2, 0.25) is 0 Å². The molecular formula is C5H9FO3S. The van der Waals surface area contributed by atoms with Crippen molar-refractivity contribution in [3.05, 3.63) is 0 Å². The topological polar surface area (TPSA) is 51.2 Å². The quantitative estimate of drug-likeness (QED) is 0.591. The molecule has 10 heavy (non-hydrogen) atoms. The molecule has 0 N–H and O–H groups in total. The van der Waals surface area contributed by atoms with E-state index in [1.54, 1.807) is 0 Å². The molecule has 0 aliphatic heterocycles. The molecule has 0 heterocycles. The van der Waals surface area contributed by atoms with Gasteiger partial charge >= 0.3 is 0 Å². The zero-order valence-electron chi connectivity index (χ0n) is 5.63. The number of Topliss-reactive ketones (excluding diaryl/α,β-unsaturated/α-hetero) is 1. The Kier molecular flexibility index (Phi) is 3.49. The fraction of sp³-hybridized carbons (Fsp3) is 0.800. The molecule has 0 aliphatic carbocycles. The number of alkyl halides is 1. The lowest BCUT2D eigenvalue weighted by Gasteiger charge is -1.95. The van der Waals surface area contributed by atoms with E-state index in [9.17, 15) is 17.6 Å². The molecule has 0 unspecified atom stereocenters. The normalized spacial score (nSPS) is 11.4. The van der Waals surface area contributed by atoms with Crippen molar-refractivity contribution in [3.8, 4) is 0 Å². The van der Waals surface area contributed by atoms with Crippen LogP contribution in [-0.2, 0) is 14.6 Å². The second kappa shape index (κ2) is 3.65. The summed E-state index contributed by atoms with van der Waals surface area (Å²) in [6.07, 6.45) is 0. The molecule has 0 saturated heterocycles. The summed E-state index contributed by atoms with van der Waals surface area (Å²) in [6, 6.07) is 0. The number of rotatable bonds is 4. The lowest BCUT2D eigenvalue weighted by molar-refractivity contribution is -0.114. The Balaban J connectivity index is 4.02. The zero-order valence-corrected chi connectivity index (χ0v) is 6.45. The molecule has 0 saturated carbocycles. The van der Waals surface area contributed by atoms with E-state index >= 15 is 0 Å². The van der Waals surface area contributed by atoms with E-state index in [0.717, 1.165) is 6.92 Å². The summed E-state index contributed by atoms with van der Waals surface area (Å²) in [5.74, 6) is -1.54. The summed E-state index contributed by atoms with van der Waals surface area (Å²) in [6.45, 7) is 0.241. The highest BCUT2D eigenvalue weighted by molar-refractivity contribution is 7.92. The van der Waals surface area contributed by atoms with Crippen LogP contribution >= 0.6 is 0 Å². The average molecular weight is 168 g/mol. The lowest BCUT2D eigenvalue weighted by Crippen LogP contribution is -2.17. The van der Waals surface area contributed by atoms with Gasteiger partial charge in [0.25, 0.3) is 0 Å². The number of carbonyl (C=O) groups is 1. The molecule has 0 rings (SSSR count). The van der Waals surface area contributed by atoms with Crippen LogP contribution in [0.5, 0.6) is 0 Å². The van der Waals surface area contributed by atoms with E-state index in [1.165, 1.54) is 0 Å². The number of carbonyl (C=O) groups excluding carboxylic acids is 1. The van der Waals surface area contributed by atoms with Crippen LogP contribution in [0.15, 0.2) is 0 Å². The van der Waals surface area contributed by atoms with Crippen molar-refractivity contribution in [3.63, 3.8) is 0 Å². The van der Waals surface area contributed by atoms with Crippen LogP contribution in [0.1, 0.15) is 6.92 Å². The van der Waals surface area contributed by atoms with Gasteiger partial charge in [0.05, 0.1) is 5.75 Å². The summed E-state index contributed by atoms with van der Waals surface area (Å²) in [5.41, 5.74) is 0. The third-order valence-corrected chi connectivity index (χ3v) is 2.43. The average Bonchev–Trinajstić information content (AvgIpc) is 1.59. The first-order chi connectivity index (χ1) is 4.48. The summed E-state index contributed by atoms with van der Waals surface area (Å²) in [7, 11) is -3.46. The number of hydrogen-bond donors (Lipinski definition) is 0. The van der Waals surface area contributed by atoms with E-state index in [-0.39, 0.29) is 0 Å². The van der Waals surface area contributed by atoms with Crippen LogP contribution < -0.4 is 0 Å². The number of hydrogen-bond acceptors (Lipinski definition) is 3. The molecule has 0 aliphatic rings. The Morgan fingerprint density at radius 2 is 2.00 bits per heavy atom. The molecule has 0 bridgehead atoms. The van der Waals surface area contributed by atoms with Crippen LogP contribution in [0.4, 0.5) is 4.39 Å². The zero-order chi connectivity index (χ0) is 8.20. The third-order valence-electron chi connectivity index (χ3n) is 0.811. The van der Waals surface area contributed by atoms with E-state index in [1.807, 2.05) is 0 Å². The van der Waals surface area contributed by atoms with Crippen LogP contribution in [0, 0.1) is 0 Å². The maximum atomic E-state index is 11.4. The van der Waals surface area contributed by atoms with Gasteiger partial charge in [0.1, 0.15) is 18.2 Å². The van der Waals surface area contributed by atoms with Gasteiger partial charge < -0.3 is 0 Å². The molecule has 0 aromatic heterocycles. The second-order valence-electron chi connectivity index (χ2n) is 1.98. The molecule has 0 atom stereocenters. The summed E-state index contributed by atoms with van der Waals surface area (Å²) in [4.78, 5) is 10.2. The Morgan fingerprint density at radius 1 is 1.50 bits per heavy atom. The number of ketones is 1. The smallest absolute Gasteiger partial charge is 0.159 e. The minimum atomic E-state index is -3.46. The van der Waals surface area contributed by atoms with Crippen LogP contribution in [0.2, 0.25) is 0 Å². The van der Waals surface area contributed by atoms with Gasteiger partial charge in [-0.1, -0.05) is 0 Å². The predicted molar refractivity (Wildman–Crippen MR) is 35.3 cm³/mol. The predicted octanol–water partition coefficient (Wildman–Crippen LogP) is -0.0403. The lowest BCUT2D eigenvalue weighted by atomic mass is 10.5. The van der Waals surface area contributed by atoms with E-state index in [0.29, 0.717) is 0 Å². The Labute approximate surface area is 59.2 Å². The van der Waals surface area contributed by atoms with Gasteiger partial charge in [0, 0.05) is 0 Å². The summed E-state index contributed by atoms with van der Waals surface area (Å²) >= 11 is 0. The molecule has 0 radical (unpaired) electrons. The van der Waals surface area contributed by atoms with Crippen molar-refractivity contribution < 1.29 is 17.6 Å². The van der Waals surface area contributed by atoms with Crippen molar-refractivity contribution in [1.82, 2.24) is 0 Å². The highest BCUT2D eigenvalue weighted by atomic mass is 32.2. The van der Waals surface area contributed by atoms with Crippen LogP contribution in [-0.4, -0.2) is 32.4 Å². The van der Waals surface area contributed by atoms with Crippen molar-refractivity contribution in [1.29, 1.82) is 0 Å². The van der Waals surface area contributed by atoms with E-state index in [4.69, 9.17) is 0 Å². The molecule has 5 heteroatoms. The molecule has 0 aromatic rings. The van der Waals surface area contributed by atoms with Crippen molar-refractivity contribution in [2.24, 2.45) is 0 Å². The largest absolute Gasteiger partial charge is 0.299 e. The maximum Gasteiger partial charge on any atom is 0.159 e. The van der Waals surface area contributed by atoms with E-state index in [2.05, 4.69) is 0 Å². The monoisotopic (exact) mass is 168 g/mol. The minimum absolute atomic E-state index is 0.451. The molecule has 0 fully saturated rings. The molecule has 0 aromatic carbocycles. The van der Waals surface area contributed by atoms with Gasteiger partial charge in [-0.25, -0.2) is 12.8 Å². The highest BCUT2D eigenvalue weighted by Crippen LogP contribution is 1.90. The molecule has 60 valence electrons. The van der Waals surface area contributed by atoms with Gasteiger partial charge in [-0.2, -0.15) is 0 Å². The summed E-state index contributed by atoms with van der Waals surface area (Å²) in [5, 5.41) is 0. The molecule has 3 nitrogen and oxygen atoms in total. The molecular weight excluding hydrogens is 159 g/mol. The molecule has 0 spiro atoms. The number of halogens is 1. The van der Waals surface area contributed by atoms with Crippen molar-refractivity contribution >= 4 is 15.6 Å². The van der Waals surface area contributed by atoms with Crippen LogP contribution in [0.3, 0.4) is 0 Å². The second-order valence-corrected chi connectivity index (χ2v) is 4.17. The molecule has 0 amide bonds. The van der Waals surface area contributed by atoms with Gasteiger partial charge in [-0.05, 0) is 6.92 Å². The van der Waals surface area contributed by atoms with Gasteiger partial charge in [0.15, 0.2) is 9.84 Å².